The molecule has 1 N–H and O–H groups in total. The SMILES string of the molecule is COC(=O)c1ccc2c(c1)Oc1cnc(OC)nc1CC2.O=C(O)c1ccc2c(c1)Oc1cnc(Cl)nc1CC2. The van der Waals surface area contributed by atoms with Crippen molar-refractivity contribution in [1.29, 1.82) is 0 Å². The van der Waals surface area contributed by atoms with Crippen LogP contribution in [0, 0.1) is 0 Å². The van der Waals surface area contributed by atoms with Gasteiger partial charge in [0.1, 0.15) is 11.5 Å². The zero-order valence-corrected chi connectivity index (χ0v) is 22.3. The summed E-state index contributed by atoms with van der Waals surface area (Å²) >= 11 is 5.75. The highest BCUT2D eigenvalue weighted by atomic mass is 35.5. The third kappa shape index (κ3) is 5.79. The Labute approximate surface area is 233 Å². The first-order valence-electron chi connectivity index (χ1n) is 12.2. The molecular formula is C28H23ClN4O7. The molecule has 0 atom stereocenters. The van der Waals surface area contributed by atoms with Gasteiger partial charge in [-0.15, -0.1) is 0 Å². The monoisotopic (exact) mass is 562 g/mol. The second-order valence-corrected chi connectivity index (χ2v) is 9.10. The van der Waals surface area contributed by atoms with Crippen molar-refractivity contribution in [3.05, 3.63) is 87.7 Å². The lowest BCUT2D eigenvalue weighted by Crippen LogP contribution is -2.02. The Hall–Kier alpha value is -4.77. The Morgan fingerprint density at radius 2 is 1.38 bits per heavy atom. The summed E-state index contributed by atoms with van der Waals surface area (Å²) in [6.07, 6.45) is 5.98. The summed E-state index contributed by atoms with van der Waals surface area (Å²) in [4.78, 5) is 38.9. The van der Waals surface area contributed by atoms with Crippen LogP contribution in [0.5, 0.6) is 29.0 Å². The number of methoxy groups -OCH3 is 2. The van der Waals surface area contributed by atoms with E-state index in [1.165, 1.54) is 26.5 Å². The van der Waals surface area contributed by atoms with Gasteiger partial charge >= 0.3 is 17.9 Å². The fourth-order valence-corrected chi connectivity index (χ4v) is 4.38. The van der Waals surface area contributed by atoms with Crippen LogP contribution in [0.25, 0.3) is 0 Å². The van der Waals surface area contributed by atoms with Crippen LogP contribution in [0.1, 0.15) is 43.2 Å². The number of aromatic nitrogens is 4. The second kappa shape index (κ2) is 11.5. The molecule has 0 amide bonds. The summed E-state index contributed by atoms with van der Waals surface area (Å²) < 4.78 is 21.3. The molecule has 4 aromatic rings. The maximum absolute atomic E-state index is 11.6. The maximum Gasteiger partial charge on any atom is 0.337 e. The van der Waals surface area contributed by atoms with E-state index < -0.39 is 11.9 Å². The van der Waals surface area contributed by atoms with Crippen LogP contribution >= 0.6 is 11.6 Å². The molecule has 0 saturated heterocycles. The topological polar surface area (TPSA) is 143 Å². The van der Waals surface area contributed by atoms with Gasteiger partial charge in [0.15, 0.2) is 11.5 Å². The fourth-order valence-electron chi connectivity index (χ4n) is 4.23. The Balaban J connectivity index is 0.000000162. The van der Waals surface area contributed by atoms with E-state index in [-0.39, 0.29) is 10.8 Å². The molecule has 2 aromatic carbocycles. The minimum absolute atomic E-state index is 0.180. The molecule has 0 saturated carbocycles. The summed E-state index contributed by atoms with van der Waals surface area (Å²) in [5.41, 5.74) is 4.12. The lowest BCUT2D eigenvalue weighted by Gasteiger charge is -2.09. The molecule has 4 heterocycles. The lowest BCUT2D eigenvalue weighted by atomic mass is 10.1. The quantitative estimate of drug-likeness (QED) is 0.269. The minimum Gasteiger partial charge on any atom is -0.478 e. The number of nitrogens with zero attached hydrogens (tertiary/aromatic N) is 4. The van der Waals surface area contributed by atoms with Crippen molar-refractivity contribution >= 4 is 23.5 Å². The lowest BCUT2D eigenvalue weighted by molar-refractivity contribution is 0.0599. The number of benzene rings is 2. The third-order valence-corrected chi connectivity index (χ3v) is 6.48. The molecule has 2 aromatic heterocycles. The van der Waals surface area contributed by atoms with Gasteiger partial charge in [0.05, 0.1) is 49.1 Å². The van der Waals surface area contributed by atoms with Gasteiger partial charge in [-0.1, -0.05) is 12.1 Å². The van der Waals surface area contributed by atoms with E-state index in [2.05, 4.69) is 19.9 Å². The highest BCUT2D eigenvalue weighted by molar-refractivity contribution is 6.28. The number of rotatable bonds is 3. The summed E-state index contributed by atoms with van der Waals surface area (Å²) in [5.74, 6) is 0.886. The van der Waals surface area contributed by atoms with E-state index >= 15 is 0 Å². The first-order valence-corrected chi connectivity index (χ1v) is 12.6. The summed E-state index contributed by atoms with van der Waals surface area (Å²) in [5, 5.41) is 9.17. The first-order chi connectivity index (χ1) is 19.3. The third-order valence-electron chi connectivity index (χ3n) is 6.29. The predicted molar refractivity (Wildman–Crippen MR) is 142 cm³/mol. The van der Waals surface area contributed by atoms with E-state index in [4.69, 9.17) is 35.7 Å². The molecule has 0 bridgehead atoms. The molecular weight excluding hydrogens is 540 g/mol. The minimum atomic E-state index is -0.983. The molecule has 2 aliphatic rings. The van der Waals surface area contributed by atoms with Gasteiger partial charge in [0.2, 0.25) is 5.28 Å². The molecule has 11 nitrogen and oxygen atoms in total. The van der Waals surface area contributed by atoms with E-state index in [9.17, 15) is 9.59 Å². The Morgan fingerprint density at radius 1 is 0.800 bits per heavy atom. The Bertz CT molecular complexity index is 1610. The van der Waals surface area contributed by atoms with E-state index in [0.29, 0.717) is 41.0 Å². The van der Waals surface area contributed by atoms with Gasteiger partial charge in [-0.05, 0) is 72.7 Å². The average Bonchev–Trinajstić information content (AvgIpc) is 3.27. The van der Waals surface area contributed by atoms with E-state index in [1.54, 1.807) is 30.5 Å². The molecule has 0 radical (unpaired) electrons. The predicted octanol–water partition coefficient (Wildman–Crippen LogP) is 4.88. The van der Waals surface area contributed by atoms with Crippen molar-refractivity contribution in [3.63, 3.8) is 0 Å². The van der Waals surface area contributed by atoms with Gasteiger partial charge < -0.3 is 24.1 Å². The fraction of sp³-hybridized carbons (Fsp3) is 0.214. The van der Waals surface area contributed by atoms with Crippen molar-refractivity contribution < 1.29 is 33.6 Å². The number of carbonyl (C=O) groups excluding carboxylic acids is 1. The number of hydrogen-bond donors (Lipinski definition) is 1. The highest BCUT2D eigenvalue weighted by Gasteiger charge is 2.20. The van der Waals surface area contributed by atoms with Gasteiger partial charge in [0, 0.05) is 0 Å². The van der Waals surface area contributed by atoms with Crippen LogP contribution in [0.3, 0.4) is 0 Å². The number of fused-ring (bicyclic) bond motifs is 4. The standard InChI is InChI=1S/C15H14N2O4.C13H9ClN2O3/c1-19-14(18)10-4-3-9-5-6-11-13(21-12(9)7-10)8-16-15(17-11)20-2;14-13-15-6-11-9(16-13)4-3-7-1-2-8(12(17)18)5-10(7)19-11/h3-4,7-8H,5-6H2,1-2H3;1-2,5-6H,3-4H2,(H,17,18). The smallest absolute Gasteiger partial charge is 0.337 e. The molecule has 2 aliphatic heterocycles. The largest absolute Gasteiger partial charge is 0.478 e. The number of aromatic carboxylic acids is 1. The summed E-state index contributed by atoms with van der Waals surface area (Å²) in [6, 6.07) is 10.5. The van der Waals surface area contributed by atoms with Crippen LogP contribution in [0.15, 0.2) is 48.8 Å². The van der Waals surface area contributed by atoms with Crippen LogP contribution in [-0.2, 0) is 30.4 Å². The van der Waals surface area contributed by atoms with Gasteiger partial charge in [0.25, 0.3) is 0 Å². The Kier molecular flexibility index (Phi) is 7.74. The maximum atomic E-state index is 11.6. The zero-order chi connectivity index (χ0) is 28.2. The zero-order valence-electron chi connectivity index (χ0n) is 21.5. The normalized spacial score (nSPS) is 12.7. The van der Waals surface area contributed by atoms with Crippen molar-refractivity contribution in [2.24, 2.45) is 0 Å². The van der Waals surface area contributed by atoms with Crippen LogP contribution in [0.4, 0.5) is 0 Å². The number of aryl methyl sites for hydroxylation is 4. The number of carboxylic acid groups (broad SMARTS) is 1. The van der Waals surface area contributed by atoms with Crippen molar-refractivity contribution in [3.8, 4) is 29.0 Å². The number of ether oxygens (including phenoxy) is 4. The van der Waals surface area contributed by atoms with Crippen molar-refractivity contribution in [1.82, 2.24) is 19.9 Å². The van der Waals surface area contributed by atoms with Gasteiger partial charge in [-0.25, -0.2) is 19.6 Å². The van der Waals surface area contributed by atoms with E-state index in [0.717, 1.165) is 41.8 Å². The summed E-state index contributed by atoms with van der Waals surface area (Å²) in [7, 11) is 2.88. The number of carboxylic acids is 1. The summed E-state index contributed by atoms with van der Waals surface area (Å²) in [6.45, 7) is 0. The van der Waals surface area contributed by atoms with Gasteiger partial charge in [-0.2, -0.15) is 9.97 Å². The molecule has 6 rings (SSSR count). The molecule has 40 heavy (non-hydrogen) atoms. The number of halogens is 1. The molecule has 0 unspecified atom stereocenters. The van der Waals surface area contributed by atoms with Crippen molar-refractivity contribution in [2.45, 2.75) is 25.7 Å². The number of carbonyl (C=O) groups is 2. The average molecular weight is 563 g/mol. The van der Waals surface area contributed by atoms with Crippen LogP contribution in [0.2, 0.25) is 5.28 Å². The van der Waals surface area contributed by atoms with E-state index in [1.807, 2.05) is 6.07 Å². The molecule has 0 aliphatic carbocycles. The molecule has 0 fully saturated rings. The highest BCUT2D eigenvalue weighted by Crippen LogP contribution is 2.35. The van der Waals surface area contributed by atoms with Crippen LogP contribution in [-0.4, -0.2) is 51.2 Å². The van der Waals surface area contributed by atoms with Gasteiger partial charge in [-0.3, -0.25) is 0 Å². The van der Waals surface area contributed by atoms with Crippen LogP contribution < -0.4 is 14.2 Å². The Morgan fingerprint density at radius 3 is 1.98 bits per heavy atom. The van der Waals surface area contributed by atoms with Crippen molar-refractivity contribution in [2.75, 3.05) is 14.2 Å². The first kappa shape index (κ1) is 26.8. The molecule has 204 valence electrons. The molecule has 12 heteroatoms. The molecule has 0 spiro atoms. The second-order valence-electron chi connectivity index (χ2n) is 8.76. The number of esters is 1. The number of hydrogen-bond acceptors (Lipinski definition) is 10.